The standard InChI is InChI=1S/C13H19ClF3N2.ClH/c1-12(2,18-14)9-19(3,4)11-7-5-6-10(8-11)13(15,16)17;/h5-8,18H,9H2,1-4H3;1H/q+1;/p-1. The van der Waals surface area contributed by atoms with Crippen LogP contribution in [0.3, 0.4) is 0 Å². The van der Waals surface area contributed by atoms with Gasteiger partial charge in [-0.05, 0) is 37.8 Å². The molecule has 1 N–H and O–H groups in total. The smallest absolute Gasteiger partial charge is 0.416 e. The summed E-state index contributed by atoms with van der Waals surface area (Å²) in [7, 11) is 3.71. The van der Waals surface area contributed by atoms with Crippen molar-refractivity contribution in [3.8, 4) is 0 Å². The zero-order chi connectivity index (χ0) is 14.9. The molecule has 0 heterocycles. The van der Waals surface area contributed by atoms with Crippen LogP contribution in [0, 0.1) is 0 Å². The van der Waals surface area contributed by atoms with Gasteiger partial charge in [-0.2, -0.15) is 13.2 Å². The zero-order valence-corrected chi connectivity index (χ0v) is 13.4. The summed E-state index contributed by atoms with van der Waals surface area (Å²) in [5.41, 5.74) is -0.429. The molecule has 1 rings (SSSR count). The maximum absolute atomic E-state index is 12.7. The molecule has 7 heteroatoms. The lowest BCUT2D eigenvalue weighted by molar-refractivity contribution is -0.137. The quantitative estimate of drug-likeness (QED) is 0.636. The molecule has 0 unspecified atom stereocenters. The minimum atomic E-state index is -4.32. The van der Waals surface area contributed by atoms with E-state index in [9.17, 15) is 13.2 Å². The van der Waals surface area contributed by atoms with Crippen LogP contribution in [0.2, 0.25) is 0 Å². The van der Waals surface area contributed by atoms with E-state index in [1.807, 2.05) is 27.9 Å². The molecule has 0 fully saturated rings. The van der Waals surface area contributed by atoms with Gasteiger partial charge < -0.3 is 12.4 Å². The highest BCUT2D eigenvalue weighted by molar-refractivity contribution is 6.13. The molecule has 0 aromatic heterocycles. The third kappa shape index (κ3) is 5.13. The fraction of sp³-hybridized carbons (Fsp3) is 0.538. The van der Waals surface area contributed by atoms with Crippen LogP contribution in [0.25, 0.3) is 0 Å². The van der Waals surface area contributed by atoms with Crippen molar-refractivity contribution in [2.24, 2.45) is 0 Å². The van der Waals surface area contributed by atoms with E-state index in [1.54, 1.807) is 6.07 Å². The van der Waals surface area contributed by atoms with Gasteiger partial charge in [0.15, 0.2) is 0 Å². The molecule has 0 radical (unpaired) electrons. The van der Waals surface area contributed by atoms with Gasteiger partial charge in [0.2, 0.25) is 0 Å². The highest BCUT2D eigenvalue weighted by Gasteiger charge is 2.34. The summed E-state index contributed by atoms with van der Waals surface area (Å²) in [6, 6.07) is 5.39. The van der Waals surface area contributed by atoms with Crippen LogP contribution < -0.4 is 21.7 Å². The zero-order valence-electron chi connectivity index (χ0n) is 11.9. The Labute approximate surface area is 129 Å². The predicted octanol–water partition coefficient (Wildman–Crippen LogP) is 0.798. The molecule has 1 aromatic carbocycles. The lowest BCUT2D eigenvalue weighted by Crippen LogP contribution is -3.00. The van der Waals surface area contributed by atoms with Crippen molar-refractivity contribution >= 4 is 17.5 Å². The average Bonchev–Trinajstić information content (AvgIpc) is 2.27. The summed E-state index contributed by atoms with van der Waals surface area (Å²) in [5.74, 6) is 0. The molecule has 0 atom stereocenters. The molecule has 2 nitrogen and oxygen atoms in total. The van der Waals surface area contributed by atoms with Gasteiger partial charge >= 0.3 is 6.18 Å². The average molecular weight is 331 g/mol. The Morgan fingerprint density at radius 2 is 1.75 bits per heavy atom. The van der Waals surface area contributed by atoms with E-state index in [-0.39, 0.29) is 17.9 Å². The number of nitrogens with one attached hydrogen (secondary N) is 1. The summed E-state index contributed by atoms with van der Waals surface area (Å²) in [4.78, 5) is 2.65. The second-order valence-corrected chi connectivity index (χ2v) is 6.06. The molecule has 0 amide bonds. The molecule has 1 aromatic rings. The van der Waals surface area contributed by atoms with Gasteiger partial charge in [-0.1, -0.05) is 6.07 Å². The molecule has 0 aliphatic rings. The number of halogens is 5. The van der Waals surface area contributed by atoms with Gasteiger partial charge in [0.25, 0.3) is 0 Å². The Kier molecular flexibility index (Phi) is 6.36. The van der Waals surface area contributed by atoms with Crippen LogP contribution in [0.4, 0.5) is 18.9 Å². The maximum atomic E-state index is 12.7. The first-order valence-corrected chi connectivity index (χ1v) is 6.24. The number of likely N-dealkylation sites (N-methyl/N-ethyl adjacent to an activating group) is 1. The Morgan fingerprint density at radius 3 is 2.20 bits per heavy atom. The molecule has 0 spiro atoms. The van der Waals surface area contributed by atoms with E-state index < -0.39 is 11.7 Å². The summed E-state index contributed by atoms with van der Waals surface area (Å²) < 4.78 is 38.5. The Balaban J connectivity index is 0.00000361. The number of benzene rings is 1. The number of hydrogen-bond acceptors (Lipinski definition) is 1. The van der Waals surface area contributed by atoms with E-state index in [0.29, 0.717) is 16.7 Å². The number of nitrogens with zero attached hydrogens (tertiary/aromatic N) is 1. The van der Waals surface area contributed by atoms with Crippen molar-refractivity contribution < 1.29 is 25.6 Å². The molecule has 0 saturated carbocycles. The first-order valence-electron chi connectivity index (χ1n) is 5.87. The van der Waals surface area contributed by atoms with Crippen LogP contribution in [0.15, 0.2) is 24.3 Å². The van der Waals surface area contributed by atoms with Crippen molar-refractivity contribution in [1.29, 1.82) is 0 Å². The normalized spacial score (nSPS) is 13.0. The SMILES string of the molecule is CC(C)(C[N+](C)(C)c1cccc(C(F)(F)F)c1)NCl.[Cl-]. The van der Waals surface area contributed by atoms with Gasteiger partial charge in [0, 0.05) is 6.07 Å². The van der Waals surface area contributed by atoms with Gasteiger partial charge in [0.05, 0.1) is 25.2 Å². The van der Waals surface area contributed by atoms with Crippen LogP contribution in [-0.2, 0) is 6.18 Å². The monoisotopic (exact) mass is 330 g/mol. The summed E-state index contributed by atoms with van der Waals surface area (Å²) in [5, 5.41) is 0. The third-order valence-electron chi connectivity index (χ3n) is 2.92. The van der Waals surface area contributed by atoms with Crippen LogP contribution >= 0.6 is 11.8 Å². The van der Waals surface area contributed by atoms with E-state index in [0.717, 1.165) is 6.07 Å². The highest BCUT2D eigenvalue weighted by Crippen LogP contribution is 2.33. The van der Waals surface area contributed by atoms with E-state index >= 15 is 0 Å². The predicted molar refractivity (Wildman–Crippen MR) is 73.0 cm³/mol. The highest BCUT2D eigenvalue weighted by atomic mass is 35.5. The molecule has 0 aliphatic heterocycles. The lowest BCUT2D eigenvalue weighted by Gasteiger charge is -2.36. The van der Waals surface area contributed by atoms with Crippen molar-refractivity contribution in [3.63, 3.8) is 0 Å². The number of alkyl halides is 3. The van der Waals surface area contributed by atoms with Gasteiger partial charge in [0.1, 0.15) is 12.2 Å². The first-order chi connectivity index (χ1) is 8.48. The molecule has 20 heavy (non-hydrogen) atoms. The molecule has 0 bridgehead atoms. The number of quaternary nitrogens is 1. The largest absolute Gasteiger partial charge is 1.00 e. The van der Waals surface area contributed by atoms with Crippen molar-refractivity contribution in [2.75, 3.05) is 20.6 Å². The van der Waals surface area contributed by atoms with Gasteiger partial charge in [-0.15, -0.1) is 0 Å². The van der Waals surface area contributed by atoms with Crippen molar-refractivity contribution in [2.45, 2.75) is 25.6 Å². The summed E-state index contributed by atoms with van der Waals surface area (Å²) in [6.45, 7) is 4.35. The van der Waals surface area contributed by atoms with E-state index in [2.05, 4.69) is 4.84 Å². The fourth-order valence-electron chi connectivity index (χ4n) is 2.17. The van der Waals surface area contributed by atoms with Gasteiger partial charge in [-0.25, -0.2) is 4.84 Å². The lowest BCUT2D eigenvalue weighted by atomic mass is 10.0. The van der Waals surface area contributed by atoms with E-state index in [4.69, 9.17) is 11.8 Å². The fourth-order valence-corrected chi connectivity index (χ4v) is 2.23. The molecular weight excluding hydrogens is 312 g/mol. The van der Waals surface area contributed by atoms with Gasteiger partial charge in [-0.3, -0.25) is 4.48 Å². The topological polar surface area (TPSA) is 12.0 Å². The molecule has 0 saturated heterocycles. The Morgan fingerprint density at radius 1 is 1.20 bits per heavy atom. The van der Waals surface area contributed by atoms with Crippen LogP contribution in [-0.4, -0.2) is 26.2 Å². The van der Waals surface area contributed by atoms with Crippen molar-refractivity contribution in [3.05, 3.63) is 29.8 Å². The third-order valence-corrected chi connectivity index (χ3v) is 3.43. The minimum absolute atomic E-state index is 0. The number of rotatable bonds is 4. The van der Waals surface area contributed by atoms with Crippen molar-refractivity contribution in [1.82, 2.24) is 9.32 Å². The second kappa shape index (κ2) is 6.52. The second-order valence-electron chi connectivity index (χ2n) is 5.87. The summed E-state index contributed by atoms with van der Waals surface area (Å²) in [6.07, 6.45) is -4.32. The number of hydrogen-bond donors (Lipinski definition) is 1. The maximum Gasteiger partial charge on any atom is 0.416 e. The minimum Gasteiger partial charge on any atom is -1.00 e. The Hall–Kier alpha value is -0.490. The molecule has 0 aliphatic carbocycles. The van der Waals surface area contributed by atoms with Crippen LogP contribution in [0.5, 0.6) is 0 Å². The molecule has 116 valence electrons. The summed E-state index contributed by atoms with van der Waals surface area (Å²) >= 11 is 5.65. The Bertz CT molecular complexity index is 445. The van der Waals surface area contributed by atoms with Crippen LogP contribution in [0.1, 0.15) is 19.4 Å². The van der Waals surface area contributed by atoms with E-state index in [1.165, 1.54) is 12.1 Å². The first kappa shape index (κ1) is 19.5. The molecular formula is C13H19Cl2F3N2.